The number of halogens is 3. The molecule has 0 N–H and O–H groups in total. The molecule has 1 fully saturated rings. The molecular weight excluding hydrogens is 673 g/mol. The van der Waals surface area contributed by atoms with Crippen molar-refractivity contribution >= 4 is 36.6 Å². The summed E-state index contributed by atoms with van der Waals surface area (Å²) in [6.07, 6.45) is 12.3. The fourth-order valence-corrected chi connectivity index (χ4v) is 6.24. The van der Waals surface area contributed by atoms with Gasteiger partial charge < -0.3 is 14.2 Å². The van der Waals surface area contributed by atoms with Gasteiger partial charge in [0.05, 0.1) is 7.05 Å². The molecule has 0 spiro atoms. The number of alkyl halides is 3. The van der Waals surface area contributed by atoms with E-state index in [0.717, 1.165) is 11.9 Å². The van der Waals surface area contributed by atoms with Crippen molar-refractivity contribution in [1.82, 2.24) is 31.1 Å². The molecule has 1 amide bonds. The SMILES string of the molecule is C[C@@H]1CN(S(=O)(=O)n2ccnc2)C[C@H](C)N1C(=O)OC(C)(C)C.C[n+]1ccn(S(=O)(=O)n2ccnc2)c1.O=S(=O)([O-])C(F)(F)F. The molecule has 0 unspecified atom stereocenters. The Balaban J connectivity index is 0.000000270. The molecule has 1 aliphatic heterocycles. The van der Waals surface area contributed by atoms with Gasteiger partial charge in [-0.25, -0.2) is 31.7 Å². The predicted octanol–water partition coefficient (Wildman–Crippen LogP) is 0.507. The first-order chi connectivity index (χ1) is 20.4. The molecule has 0 aromatic carbocycles. The van der Waals surface area contributed by atoms with E-state index >= 15 is 0 Å². The number of imidazole rings is 3. The minimum absolute atomic E-state index is 0.212. The van der Waals surface area contributed by atoms with E-state index in [9.17, 15) is 34.8 Å². The van der Waals surface area contributed by atoms with Crippen LogP contribution < -0.4 is 4.57 Å². The highest BCUT2D eigenvalue weighted by atomic mass is 32.2. The molecule has 3 aromatic heterocycles. The number of ether oxygens (including phenoxy) is 1. The van der Waals surface area contributed by atoms with E-state index in [1.165, 1.54) is 54.3 Å². The Morgan fingerprint density at radius 2 is 1.31 bits per heavy atom. The van der Waals surface area contributed by atoms with Crippen LogP contribution in [0.25, 0.3) is 0 Å². The summed E-state index contributed by atoms with van der Waals surface area (Å²) < 4.78 is 119. The first-order valence-corrected chi connectivity index (χ1v) is 16.9. The molecule has 0 aliphatic carbocycles. The van der Waals surface area contributed by atoms with Crippen LogP contribution in [0.5, 0.6) is 0 Å². The topological polar surface area (TPSA) is 203 Å². The van der Waals surface area contributed by atoms with Gasteiger partial charge in [-0.05, 0) is 34.6 Å². The fourth-order valence-electron chi connectivity index (χ4n) is 3.71. The molecule has 0 radical (unpaired) electrons. The molecule has 3 aromatic rings. The quantitative estimate of drug-likeness (QED) is 0.208. The summed E-state index contributed by atoms with van der Waals surface area (Å²) in [5, 5.41) is 0. The summed E-state index contributed by atoms with van der Waals surface area (Å²) >= 11 is 0. The summed E-state index contributed by atoms with van der Waals surface area (Å²) in [5.74, 6) is 0. The van der Waals surface area contributed by atoms with E-state index in [-0.39, 0.29) is 25.2 Å². The molecule has 23 heteroatoms. The smallest absolute Gasteiger partial charge is 0.485 e. The number of aromatic nitrogens is 6. The van der Waals surface area contributed by atoms with E-state index in [1.807, 2.05) is 13.8 Å². The fraction of sp³-hybridized carbons (Fsp3) is 0.545. The maximum absolute atomic E-state index is 12.6. The highest BCUT2D eigenvalue weighted by Crippen LogP contribution is 2.22. The first kappa shape index (κ1) is 37.6. The molecule has 45 heavy (non-hydrogen) atoms. The van der Waals surface area contributed by atoms with Crippen LogP contribution in [0.2, 0.25) is 0 Å². The van der Waals surface area contributed by atoms with Gasteiger partial charge in [0.2, 0.25) is 0 Å². The van der Waals surface area contributed by atoms with E-state index in [1.54, 1.807) is 43.5 Å². The molecule has 4 heterocycles. The molecule has 17 nitrogen and oxygen atoms in total. The number of hydrogen-bond donors (Lipinski definition) is 0. The van der Waals surface area contributed by atoms with Crippen LogP contribution >= 0.6 is 0 Å². The number of carbonyl (C=O) groups is 1. The van der Waals surface area contributed by atoms with Gasteiger partial charge in [0.25, 0.3) is 6.33 Å². The van der Waals surface area contributed by atoms with Crippen molar-refractivity contribution in [3.8, 4) is 0 Å². The van der Waals surface area contributed by atoms with E-state index in [4.69, 9.17) is 17.7 Å². The molecule has 1 aliphatic rings. The van der Waals surface area contributed by atoms with E-state index in [2.05, 4.69) is 9.97 Å². The minimum atomic E-state index is -6.09. The number of carbonyl (C=O) groups excluding carboxylic acids is 1. The largest absolute Gasteiger partial charge is 0.741 e. The number of piperazine rings is 1. The second-order valence-electron chi connectivity index (χ2n) is 10.5. The maximum atomic E-state index is 12.6. The van der Waals surface area contributed by atoms with Crippen LogP contribution in [0.4, 0.5) is 18.0 Å². The molecule has 2 atom stereocenters. The lowest BCUT2D eigenvalue weighted by Gasteiger charge is -2.43. The van der Waals surface area contributed by atoms with E-state index in [0.29, 0.717) is 0 Å². The average Bonchev–Trinajstić information content (AvgIpc) is 3.65. The number of hydrogen-bond acceptors (Lipinski definition) is 11. The van der Waals surface area contributed by atoms with Crippen LogP contribution in [-0.4, -0.2) is 103 Å². The van der Waals surface area contributed by atoms with Crippen molar-refractivity contribution in [3.63, 3.8) is 0 Å². The monoisotopic (exact) mass is 706 g/mol. The van der Waals surface area contributed by atoms with Gasteiger partial charge in [0, 0.05) is 50.0 Å². The second-order valence-corrected chi connectivity index (χ2v) is 15.5. The van der Waals surface area contributed by atoms with Crippen molar-refractivity contribution in [1.29, 1.82) is 0 Å². The van der Waals surface area contributed by atoms with Crippen molar-refractivity contribution in [2.75, 3.05) is 13.1 Å². The Bertz CT molecular complexity index is 1720. The Morgan fingerprint density at radius 1 is 0.867 bits per heavy atom. The third kappa shape index (κ3) is 9.97. The average molecular weight is 707 g/mol. The van der Waals surface area contributed by atoms with Crippen LogP contribution in [0.3, 0.4) is 0 Å². The minimum Gasteiger partial charge on any atom is -0.741 e. The normalized spacial score (nSPS) is 18.3. The zero-order valence-electron chi connectivity index (χ0n) is 24.9. The lowest BCUT2D eigenvalue weighted by Crippen LogP contribution is -2.60. The molecule has 1 saturated heterocycles. The lowest BCUT2D eigenvalue weighted by molar-refractivity contribution is -0.670. The Morgan fingerprint density at radius 3 is 1.64 bits per heavy atom. The molecule has 0 saturated carbocycles. The molecule has 254 valence electrons. The first-order valence-electron chi connectivity index (χ1n) is 12.7. The third-order valence-corrected chi connectivity index (χ3v) is 9.37. The van der Waals surface area contributed by atoms with Gasteiger partial charge in [-0.2, -0.15) is 38.3 Å². The Labute approximate surface area is 258 Å². The number of nitrogens with zero attached hydrogens (tertiary/aromatic N) is 8. The van der Waals surface area contributed by atoms with Gasteiger partial charge in [-0.1, -0.05) is 0 Å². The van der Waals surface area contributed by atoms with Crippen LogP contribution in [0, 0.1) is 0 Å². The van der Waals surface area contributed by atoms with Crippen LogP contribution in [-0.2, 0) is 42.3 Å². The number of aryl methyl sites for hydroxylation is 1. The molecule has 0 bridgehead atoms. The van der Waals surface area contributed by atoms with Crippen LogP contribution in [0.15, 0.2) is 56.2 Å². The summed E-state index contributed by atoms with van der Waals surface area (Å²) in [6, 6.07) is -0.571. The van der Waals surface area contributed by atoms with Gasteiger partial charge in [-0.15, -0.1) is 3.97 Å². The van der Waals surface area contributed by atoms with Crippen LogP contribution in [0.1, 0.15) is 34.6 Å². The van der Waals surface area contributed by atoms with Gasteiger partial charge >= 0.3 is 32.0 Å². The van der Waals surface area contributed by atoms with Crippen molar-refractivity contribution < 1.29 is 57.1 Å². The Hall–Kier alpha value is -3.54. The van der Waals surface area contributed by atoms with Gasteiger partial charge in [-0.3, -0.25) is 0 Å². The van der Waals surface area contributed by atoms with Gasteiger partial charge in [0.15, 0.2) is 10.1 Å². The lowest BCUT2D eigenvalue weighted by atomic mass is 10.1. The van der Waals surface area contributed by atoms with Crippen molar-refractivity contribution in [3.05, 3.63) is 56.2 Å². The number of amides is 1. The summed E-state index contributed by atoms with van der Waals surface area (Å²) in [6.45, 7) is 9.47. The molecular formula is C22H33F3N8O9S3. The standard InChI is InChI=1S/C14H24N4O4S.C7H9N4O2S.CHF3O3S/c1-11-8-17(23(20,21)16-7-6-15-10-16)9-12(2)18(11)13(19)22-14(3,4)5;1-9-4-5-11(7-9)14(12,13)10-3-2-8-6-10;2-1(3,4)8(5,6)7/h6-7,10-12H,8-9H2,1-5H3;2-7H,1H3;(H,5,6,7)/q;+1;/p-1/t11-,12+;;. The maximum Gasteiger partial charge on any atom is 0.485 e. The highest BCUT2D eigenvalue weighted by Gasteiger charge is 2.40. The predicted molar refractivity (Wildman–Crippen MR) is 148 cm³/mol. The third-order valence-electron chi connectivity index (χ3n) is 5.60. The number of rotatable bonds is 4. The summed E-state index contributed by atoms with van der Waals surface area (Å²) in [7, 11) is -11.5. The second kappa shape index (κ2) is 13.8. The molecule has 4 rings (SSSR count). The zero-order valence-corrected chi connectivity index (χ0v) is 27.3. The van der Waals surface area contributed by atoms with Gasteiger partial charge in [0.1, 0.15) is 30.6 Å². The summed E-state index contributed by atoms with van der Waals surface area (Å²) in [5.41, 5.74) is -6.23. The summed E-state index contributed by atoms with van der Waals surface area (Å²) in [4.78, 5) is 21.4. The zero-order chi connectivity index (χ0) is 34.6. The van der Waals surface area contributed by atoms with E-state index < -0.39 is 47.7 Å². The highest BCUT2D eigenvalue weighted by molar-refractivity contribution is 7.88. The Kier molecular flexibility index (Phi) is 11.6. The van der Waals surface area contributed by atoms with Crippen molar-refractivity contribution in [2.45, 2.75) is 57.8 Å². The van der Waals surface area contributed by atoms with Crippen molar-refractivity contribution in [2.24, 2.45) is 7.05 Å².